The van der Waals surface area contributed by atoms with Gasteiger partial charge in [-0.1, -0.05) is 41.4 Å². The number of aromatic hydroxyl groups is 1. The summed E-state index contributed by atoms with van der Waals surface area (Å²) in [6.07, 6.45) is 1.36. The van der Waals surface area contributed by atoms with Gasteiger partial charge in [0.25, 0.3) is 0 Å². The second-order valence-corrected chi connectivity index (χ2v) is 9.92. The van der Waals surface area contributed by atoms with Crippen LogP contribution in [0.1, 0.15) is 24.0 Å². The number of carbonyl (C=O) groups excluding carboxylic acids is 2. The number of benzene rings is 3. The van der Waals surface area contributed by atoms with Gasteiger partial charge in [0.1, 0.15) is 17.4 Å². The molecule has 1 aliphatic rings. The van der Waals surface area contributed by atoms with Gasteiger partial charge in [-0.3, -0.25) is 9.59 Å². The van der Waals surface area contributed by atoms with E-state index in [-0.39, 0.29) is 47.0 Å². The molecule has 0 radical (unpaired) electrons. The summed E-state index contributed by atoms with van der Waals surface area (Å²) in [6.45, 7) is 0.262. The van der Waals surface area contributed by atoms with Gasteiger partial charge in [-0.05, 0) is 66.6 Å². The van der Waals surface area contributed by atoms with Gasteiger partial charge in [-0.2, -0.15) is 0 Å². The highest BCUT2D eigenvalue weighted by Crippen LogP contribution is 2.39. The number of amides is 2. The van der Waals surface area contributed by atoms with Crippen molar-refractivity contribution >= 4 is 46.4 Å². The Morgan fingerprint density at radius 1 is 1.11 bits per heavy atom. The van der Waals surface area contributed by atoms with Crippen LogP contribution in [-0.2, 0) is 22.4 Å². The van der Waals surface area contributed by atoms with E-state index in [0.29, 0.717) is 29.8 Å². The molecule has 10 heteroatoms. The molecule has 2 amide bonds. The minimum atomic E-state index is -0.863. The van der Waals surface area contributed by atoms with Crippen LogP contribution in [-0.4, -0.2) is 29.5 Å². The first kappa shape index (κ1) is 26.9. The van der Waals surface area contributed by atoms with Gasteiger partial charge in [-0.25, -0.2) is 8.78 Å². The van der Waals surface area contributed by atoms with Gasteiger partial charge >= 0.3 is 0 Å². The van der Waals surface area contributed by atoms with Crippen LogP contribution in [0.3, 0.4) is 0 Å². The van der Waals surface area contributed by atoms with Crippen molar-refractivity contribution in [2.75, 3.05) is 16.8 Å². The van der Waals surface area contributed by atoms with Gasteiger partial charge in [0.2, 0.25) is 11.8 Å². The Hall–Kier alpha value is -3.20. The summed E-state index contributed by atoms with van der Waals surface area (Å²) in [6, 6.07) is 12.0. The minimum absolute atomic E-state index is 0.0814. The largest absolute Gasteiger partial charge is 0.508 e. The normalized spacial score (nSPS) is 16.5. The Bertz CT molecular complexity index is 1300. The second-order valence-electron chi connectivity index (χ2n) is 9.10. The van der Waals surface area contributed by atoms with Crippen LogP contribution in [0.2, 0.25) is 10.0 Å². The van der Waals surface area contributed by atoms with E-state index in [1.807, 2.05) is 0 Å². The number of nitrogens with zero attached hydrogens (tertiary/aromatic N) is 1. The zero-order valence-corrected chi connectivity index (χ0v) is 21.2. The summed E-state index contributed by atoms with van der Waals surface area (Å²) in [4.78, 5) is 26.8. The van der Waals surface area contributed by atoms with Crippen molar-refractivity contribution in [3.05, 3.63) is 87.4 Å². The average molecular weight is 548 g/mol. The van der Waals surface area contributed by atoms with Crippen molar-refractivity contribution in [2.45, 2.75) is 31.7 Å². The average Bonchev–Trinajstić information content (AvgIpc) is 2.83. The third-order valence-electron chi connectivity index (χ3n) is 6.32. The lowest BCUT2D eigenvalue weighted by Crippen LogP contribution is -2.41. The maximum atomic E-state index is 14.2. The molecular formula is C27H25Cl2F2N3O3. The van der Waals surface area contributed by atoms with Crippen LogP contribution in [0.25, 0.3) is 0 Å². The molecule has 1 saturated heterocycles. The van der Waals surface area contributed by atoms with Gasteiger partial charge in [0.15, 0.2) is 0 Å². The summed E-state index contributed by atoms with van der Waals surface area (Å²) in [5, 5.41) is 12.4. The zero-order valence-electron chi connectivity index (χ0n) is 19.7. The third kappa shape index (κ3) is 6.57. The molecule has 0 bridgehead atoms. The standard InChI is InChI=1S/C27H25Cl2F2N3O3/c28-21-12-19(33-27(37)24(32)10-15-1-6-20(35)7-2-15)13-22(29)26(21)34-14-16(3-8-25(34)36)9-17-4-5-18(30)11-23(17)31/h1-2,4-7,11-13,16,24,35H,3,8-10,14,32H2,(H,33,37)/t16?,24-/m0/s1. The molecule has 194 valence electrons. The molecule has 0 saturated carbocycles. The van der Waals surface area contributed by atoms with E-state index in [2.05, 4.69) is 5.32 Å². The van der Waals surface area contributed by atoms with Crippen LogP contribution in [0, 0.1) is 17.6 Å². The molecule has 2 atom stereocenters. The summed E-state index contributed by atoms with van der Waals surface area (Å²) in [5.74, 6) is -1.86. The smallest absolute Gasteiger partial charge is 0.241 e. The summed E-state index contributed by atoms with van der Waals surface area (Å²) in [5.41, 5.74) is 7.82. The zero-order chi connectivity index (χ0) is 26.7. The van der Waals surface area contributed by atoms with Gasteiger partial charge in [-0.15, -0.1) is 0 Å². The van der Waals surface area contributed by atoms with Crippen molar-refractivity contribution in [1.82, 2.24) is 0 Å². The molecule has 0 aliphatic carbocycles. The molecule has 37 heavy (non-hydrogen) atoms. The lowest BCUT2D eigenvalue weighted by molar-refractivity contribution is -0.120. The maximum absolute atomic E-state index is 14.2. The Morgan fingerprint density at radius 3 is 2.43 bits per heavy atom. The SMILES string of the molecule is N[C@@H](Cc1ccc(O)cc1)C(=O)Nc1cc(Cl)c(N2CC(Cc3ccc(F)cc3F)CCC2=O)c(Cl)c1. The number of piperidine rings is 1. The number of nitrogens with two attached hydrogens (primary N) is 1. The highest BCUT2D eigenvalue weighted by molar-refractivity contribution is 6.40. The number of rotatable bonds is 7. The van der Waals surface area contributed by atoms with Crippen molar-refractivity contribution in [2.24, 2.45) is 11.7 Å². The molecule has 1 fully saturated rings. The van der Waals surface area contributed by atoms with E-state index in [0.717, 1.165) is 11.6 Å². The number of phenolic OH excluding ortho intramolecular Hbond substituents is 1. The van der Waals surface area contributed by atoms with Gasteiger partial charge < -0.3 is 21.1 Å². The fourth-order valence-electron chi connectivity index (χ4n) is 4.40. The van der Waals surface area contributed by atoms with Crippen LogP contribution in [0.4, 0.5) is 20.2 Å². The topological polar surface area (TPSA) is 95.7 Å². The molecule has 6 nitrogen and oxygen atoms in total. The molecule has 4 N–H and O–H groups in total. The van der Waals surface area contributed by atoms with Crippen LogP contribution >= 0.6 is 23.2 Å². The third-order valence-corrected chi connectivity index (χ3v) is 6.89. The minimum Gasteiger partial charge on any atom is -0.508 e. The van der Waals surface area contributed by atoms with Crippen LogP contribution in [0.15, 0.2) is 54.6 Å². The number of carbonyl (C=O) groups is 2. The summed E-state index contributed by atoms with van der Waals surface area (Å²) in [7, 11) is 0. The Labute approximate surface area is 223 Å². The fourth-order valence-corrected chi connectivity index (χ4v) is 5.09. The van der Waals surface area contributed by atoms with Crippen molar-refractivity contribution < 1.29 is 23.5 Å². The van der Waals surface area contributed by atoms with E-state index in [4.69, 9.17) is 28.9 Å². The molecule has 3 aromatic rings. The number of halogens is 4. The van der Waals surface area contributed by atoms with Gasteiger partial charge in [0, 0.05) is 24.7 Å². The molecular weight excluding hydrogens is 523 g/mol. The van der Waals surface area contributed by atoms with E-state index < -0.39 is 23.6 Å². The van der Waals surface area contributed by atoms with Crippen molar-refractivity contribution in [1.29, 1.82) is 0 Å². The molecule has 0 spiro atoms. The molecule has 1 heterocycles. The Morgan fingerprint density at radius 2 is 1.78 bits per heavy atom. The fraction of sp³-hybridized carbons (Fsp3) is 0.259. The van der Waals surface area contributed by atoms with Crippen LogP contribution in [0.5, 0.6) is 5.75 Å². The monoisotopic (exact) mass is 547 g/mol. The number of phenols is 1. The van der Waals surface area contributed by atoms with E-state index >= 15 is 0 Å². The Balaban J connectivity index is 1.45. The first-order valence-electron chi connectivity index (χ1n) is 11.7. The number of nitrogens with one attached hydrogen (secondary N) is 1. The van der Waals surface area contributed by atoms with Crippen molar-refractivity contribution in [3.8, 4) is 5.75 Å². The highest BCUT2D eigenvalue weighted by Gasteiger charge is 2.30. The lowest BCUT2D eigenvalue weighted by atomic mass is 9.90. The first-order valence-corrected chi connectivity index (χ1v) is 12.4. The van der Waals surface area contributed by atoms with Crippen LogP contribution < -0.4 is 16.0 Å². The highest BCUT2D eigenvalue weighted by atomic mass is 35.5. The maximum Gasteiger partial charge on any atom is 0.241 e. The van der Waals surface area contributed by atoms with Gasteiger partial charge in [0.05, 0.1) is 21.8 Å². The predicted octanol–water partition coefficient (Wildman–Crippen LogP) is 5.47. The summed E-state index contributed by atoms with van der Waals surface area (Å²) < 4.78 is 27.4. The molecule has 4 rings (SSSR count). The van der Waals surface area contributed by atoms with E-state index in [1.165, 1.54) is 41.3 Å². The number of anilines is 2. The van der Waals surface area contributed by atoms with E-state index in [1.54, 1.807) is 12.1 Å². The lowest BCUT2D eigenvalue weighted by Gasteiger charge is -2.34. The van der Waals surface area contributed by atoms with Crippen molar-refractivity contribution in [3.63, 3.8) is 0 Å². The molecule has 1 aliphatic heterocycles. The Kier molecular flexibility index (Phi) is 8.32. The number of hydrogen-bond acceptors (Lipinski definition) is 4. The number of hydrogen-bond donors (Lipinski definition) is 3. The molecule has 1 unspecified atom stereocenters. The second kappa shape index (κ2) is 11.5. The quantitative estimate of drug-likeness (QED) is 0.365. The predicted molar refractivity (Wildman–Crippen MR) is 140 cm³/mol. The summed E-state index contributed by atoms with van der Waals surface area (Å²) >= 11 is 13.0. The molecule has 3 aromatic carbocycles. The van der Waals surface area contributed by atoms with E-state index in [9.17, 15) is 23.5 Å². The molecule has 0 aromatic heterocycles. The first-order chi connectivity index (χ1) is 17.6.